The molecule has 180 valence electrons. The van der Waals surface area contributed by atoms with E-state index in [0.29, 0.717) is 28.4 Å². The zero-order valence-corrected chi connectivity index (χ0v) is 19.9. The summed E-state index contributed by atoms with van der Waals surface area (Å²) in [6.07, 6.45) is 3.27. The third-order valence-electron chi connectivity index (χ3n) is 6.01. The van der Waals surface area contributed by atoms with Gasteiger partial charge in [-0.15, -0.1) is 0 Å². The van der Waals surface area contributed by atoms with E-state index in [4.69, 9.17) is 14.2 Å². The maximum Gasteiger partial charge on any atom is 0.295 e. The van der Waals surface area contributed by atoms with Gasteiger partial charge in [0.25, 0.3) is 11.7 Å². The van der Waals surface area contributed by atoms with E-state index in [1.165, 1.54) is 19.1 Å². The Hall–Kier alpha value is -4.33. The summed E-state index contributed by atoms with van der Waals surface area (Å²) in [6.45, 7) is 1.97. The molecule has 35 heavy (non-hydrogen) atoms. The van der Waals surface area contributed by atoms with Crippen molar-refractivity contribution in [2.75, 3.05) is 21.3 Å². The van der Waals surface area contributed by atoms with E-state index >= 15 is 0 Å². The largest absolute Gasteiger partial charge is 0.507 e. The number of hydrogen-bond acceptors (Lipinski definition) is 7. The molecule has 0 spiro atoms. The number of carbonyl (C=O) groups is 2. The van der Waals surface area contributed by atoms with Crippen molar-refractivity contribution in [2.45, 2.75) is 19.5 Å². The van der Waals surface area contributed by atoms with Crippen molar-refractivity contribution in [1.29, 1.82) is 0 Å². The van der Waals surface area contributed by atoms with Crippen LogP contribution in [-0.4, -0.2) is 48.0 Å². The average molecular weight is 475 g/mol. The van der Waals surface area contributed by atoms with E-state index < -0.39 is 17.7 Å². The Balaban J connectivity index is 1.90. The van der Waals surface area contributed by atoms with Crippen LogP contribution in [0.4, 0.5) is 0 Å². The number of hydrogen-bond donors (Lipinski definition) is 1. The number of Topliss-reactive ketones (excluding diaryl/α,β-unsaturated/α-hetero) is 1. The van der Waals surface area contributed by atoms with Gasteiger partial charge in [0.05, 0.1) is 32.9 Å². The molecule has 8 nitrogen and oxygen atoms in total. The summed E-state index contributed by atoms with van der Waals surface area (Å²) >= 11 is 0. The molecule has 3 aromatic rings. The van der Waals surface area contributed by atoms with Crippen molar-refractivity contribution in [3.05, 3.63) is 88.8 Å². The number of rotatable bonds is 7. The molecule has 1 N–H and O–H groups in total. The van der Waals surface area contributed by atoms with Crippen molar-refractivity contribution in [2.24, 2.45) is 0 Å². The Labute approximate surface area is 203 Å². The molecule has 2 heterocycles. The number of carbonyl (C=O) groups excluding carboxylic acids is 2. The molecule has 1 fully saturated rings. The minimum Gasteiger partial charge on any atom is -0.507 e. The summed E-state index contributed by atoms with van der Waals surface area (Å²) in [5.41, 5.74) is 2.53. The minimum absolute atomic E-state index is 0.00400. The van der Waals surface area contributed by atoms with E-state index in [0.717, 1.165) is 11.1 Å². The monoisotopic (exact) mass is 474 g/mol. The Morgan fingerprint density at radius 2 is 1.69 bits per heavy atom. The summed E-state index contributed by atoms with van der Waals surface area (Å²) in [4.78, 5) is 32.1. The molecule has 1 amide bonds. The number of nitrogens with zero attached hydrogens (tertiary/aromatic N) is 2. The van der Waals surface area contributed by atoms with Gasteiger partial charge in [0.2, 0.25) is 0 Å². The van der Waals surface area contributed by atoms with E-state index in [-0.39, 0.29) is 17.9 Å². The fourth-order valence-electron chi connectivity index (χ4n) is 4.28. The Morgan fingerprint density at radius 1 is 0.971 bits per heavy atom. The summed E-state index contributed by atoms with van der Waals surface area (Å²) in [5.74, 6) is -0.138. The van der Waals surface area contributed by atoms with Crippen molar-refractivity contribution in [1.82, 2.24) is 9.88 Å². The SMILES string of the molecule is COc1ccc(C(O)=C2C(=O)C(=O)N(Cc3cccnc3)[C@H]2c2ccc(OC)c(OC)c2)cc1C. The molecular formula is C27H26N2O6. The quantitative estimate of drug-likeness (QED) is 0.314. The number of methoxy groups -OCH3 is 3. The summed E-state index contributed by atoms with van der Waals surface area (Å²) in [6, 6.07) is 13.0. The fraction of sp³-hybridized carbons (Fsp3) is 0.222. The van der Waals surface area contributed by atoms with Gasteiger partial charge in [-0.3, -0.25) is 14.6 Å². The first-order chi connectivity index (χ1) is 16.9. The van der Waals surface area contributed by atoms with E-state index in [2.05, 4.69) is 4.98 Å². The molecule has 2 aromatic carbocycles. The van der Waals surface area contributed by atoms with Crippen molar-refractivity contribution < 1.29 is 28.9 Å². The first-order valence-electron chi connectivity index (χ1n) is 10.9. The molecule has 1 aliphatic heterocycles. The average Bonchev–Trinajstić information content (AvgIpc) is 3.13. The molecule has 1 aromatic heterocycles. The predicted molar refractivity (Wildman–Crippen MR) is 129 cm³/mol. The summed E-state index contributed by atoms with van der Waals surface area (Å²) < 4.78 is 16.1. The number of amides is 1. The number of ether oxygens (including phenoxy) is 3. The van der Waals surface area contributed by atoms with Crippen LogP contribution in [0.2, 0.25) is 0 Å². The van der Waals surface area contributed by atoms with Crippen molar-refractivity contribution >= 4 is 17.4 Å². The number of aryl methyl sites for hydroxylation is 1. The molecule has 1 saturated heterocycles. The molecule has 1 atom stereocenters. The number of ketones is 1. The fourth-order valence-corrected chi connectivity index (χ4v) is 4.28. The van der Waals surface area contributed by atoms with Crippen molar-refractivity contribution in [3.8, 4) is 17.2 Å². The van der Waals surface area contributed by atoms with E-state index in [9.17, 15) is 14.7 Å². The second kappa shape index (κ2) is 9.89. The minimum atomic E-state index is -0.850. The lowest BCUT2D eigenvalue weighted by Gasteiger charge is -2.26. The lowest BCUT2D eigenvalue weighted by molar-refractivity contribution is -0.140. The zero-order chi connectivity index (χ0) is 25.1. The van der Waals surface area contributed by atoms with Gasteiger partial charge in [0.1, 0.15) is 11.5 Å². The van der Waals surface area contributed by atoms with Gasteiger partial charge in [0, 0.05) is 24.5 Å². The van der Waals surface area contributed by atoms with Crippen LogP contribution >= 0.6 is 0 Å². The van der Waals surface area contributed by atoms with Gasteiger partial charge in [-0.2, -0.15) is 0 Å². The van der Waals surface area contributed by atoms with Crippen LogP contribution in [0.15, 0.2) is 66.5 Å². The molecule has 8 heteroatoms. The van der Waals surface area contributed by atoms with Gasteiger partial charge >= 0.3 is 0 Å². The second-order valence-electron chi connectivity index (χ2n) is 8.09. The molecule has 0 unspecified atom stereocenters. The summed E-state index contributed by atoms with van der Waals surface area (Å²) in [5, 5.41) is 11.3. The number of aliphatic hydroxyl groups excluding tert-OH is 1. The number of likely N-dealkylation sites (tertiary alicyclic amines) is 1. The highest BCUT2D eigenvalue weighted by Crippen LogP contribution is 2.42. The van der Waals surface area contributed by atoms with Crippen LogP contribution in [0.1, 0.15) is 28.3 Å². The number of pyridine rings is 1. The van der Waals surface area contributed by atoms with Crippen LogP contribution in [0, 0.1) is 6.92 Å². The van der Waals surface area contributed by atoms with Crippen LogP contribution in [-0.2, 0) is 16.1 Å². The Kier molecular flexibility index (Phi) is 6.73. The topological polar surface area (TPSA) is 98.2 Å². The van der Waals surface area contributed by atoms with Crippen molar-refractivity contribution in [3.63, 3.8) is 0 Å². The first kappa shape index (κ1) is 23.8. The number of benzene rings is 2. The summed E-state index contributed by atoms with van der Waals surface area (Å²) in [7, 11) is 4.59. The van der Waals surface area contributed by atoms with Gasteiger partial charge in [-0.25, -0.2) is 0 Å². The third kappa shape index (κ3) is 4.42. The first-order valence-corrected chi connectivity index (χ1v) is 10.9. The van der Waals surface area contributed by atoms with E-state index in [1.54, 1.807) is 62.0 Å². The maximum absolute atomic E-state index is 13.3. The van der Waals surface area contributed by atoms with Gasteiger partial charge in [0.15, 0.2) is 11.5 Å². The molecule has 0 saturated carbocycles. The highest BCUT2D eigenvalue weighted by molar-refractivity contribution is 6.46. The van der Waals surface area contributed by atoms with Crippen LogP contribution < -0.4 is 14.2 Å². The molecule has 1 aliphatic rings. The zero-order valence-electron chi connectivity index (χ0n) is 19.9. The molecule has 0 bridgehead atoms. The number of aliphatic hydroxyl groups is 1. The maximum atomic E-state index is 13.3. The van der Waals surface area contributed by atoms with Gasteiger partial charge in [-0.05, 0) is 60.0 Å². The highest BCUT2D eigenvalue weighted by atomic mass is 16.5. The number of aromatic nitrogens is 1. The third-order valence-corrected chi connectivity index (χ3v) is 6.01. The Bertz CT molecular complexity index is 1300. The highest BCUT2D eigenvalue weighted by Gasteiger charge is 2.46. The lowest BCUT2D eigenvalue weighted by atomic mass is 9.94. The van der Waals surface area contributed by atoms with Crippen LogP contribution in [0.3, 0.4) is 0 Å². The van der Waals surface area contributed by atoms with Crippen LogP contribution in [0.25, 0.3) is 5.76 Å². The standard InChI is InChI=1S/C27H26N2O6/c1-16-12-19(8-9-20(16)33-2)25(30)23-24(18-7-10-21(34-3)22(13-18)35-4)29(27(32)26(23)31)15-17-6-5-11-28-14-17/h5-14,24,30H,15H2,1-4H3/t24-/m0/s1. The lowest BCUT2D eigenvalue weighted by Crippen LogP contribution is -2.29. The van der Waals surface area contributed by atoms with Crippen LogP contribution in [0.5, 0.6) is 17.2 Å². The van der Waals surface area contributed by atoms with Gasteiger partial charge < -0.3 is 24.2 Å². The second-order valence-corrected chi connectivity index (χ2v) is 8.09. The normalized spacial score (nSPS) is 16.9. The van der Waals surface area contributed by atoms with E-state index in [1.807, 2.05) is 13.0 Å². The van der Waals surface area contributed by atoms with Gasteiger partial charge in [-0.1, -0.05) is 12.1 Å². The smallest absolute Gasteiger partial charge is 0.295 e. The molecule has 0 radical (unpaired) electrons. The Morgan fingerprint density at radius 3 is 2.31 bits per heavy atom. The molecular weight excluding hydrogens is 448 g/mol. The molecule has 0 aliphatic carbocycles. The predicted octanol–water partition coefficient (Wildman–Crippen LogP) is 4.04. The molecule has 4 rings (SSSR count).